The van der Waals surface area contributed by atoms with Crippen molar-refractivity contribution in [3.05, 3.63) is 52.6 Å². The number of nitrogens with two attached hydrogens (primary N) is 1. The van der Waals surface area contributed by atoms with Gasteiger partial charge in [-0.3, -0.25) is 4.79 Å². The van der Waals surface area contributed by atoms with Crippen LogP contribution in [0.1, 0.15) is 53.5 Å². The fraction of sp³-hybridized carbons (Fsp3) is 0.455. The molecule has 2 atom stereocenters. The molecule has 0 saturated carbocycles. The fourth-order valence-corrected chi connectivity index (χ4v) is 4.85. The van der Waals surface area contributed by atoms with Crippen LogP contribution in [-0.2, 0) is 0 Å². The number of aromatic nitrogens is 4. The standard InChI is InChI=1S/C22H26ClN7O/c1-14-12-30-19(26-21(14)28-10-7-15(24)13-28)11-17(27-30)18-6-2-3-9-29(18)22(31)20-16(23)5-4-8-25-20/h4-5,8,11-12,15,18H,2-3,6-7,9-10,13,24H2,1H3/t15-,18-/m0/s1. The lowest BCUT2D eigenvalue weighted by molar-refractivity contribution is 0.0600. The number of carbonyl (C=O) groups excluding carboxylic acids is 1. The van der Waals surface area contributed by atoms with Gasteiger partial charge in [0.1, 0.15) is 11.5 Å². The van der Waals surface area contributed by atoms with Gasteiger partial charge in [-0.15, -0.1) is 0 Å². The van der Waals surface area contributed by atoms with Crippen molar-refractivity contribution in [3.63, 3.8) is 0 Å². The minimum Gasteiger partial charge on any atom is -0.355 e. The first-order valence-corrected chi connectivity index (χ1v) is 11.2. The summed E-state index contributed by atoms with van der Waals surface area (Å²) in [7, 11) is 0. The summed E-state index contributed by atoms with van der Waals surface area (Å²) in [5, 5.41) is 5.17. The zero-order valence-electron chi connectivity index (χ0n) is 17.5. The van der Waals surface area contributed by atoms with Gasteiger partial charge in [-0.2, -0.15) is 5.10 Å². The molecule has 2 fully saturated rings. The average Bonchev–Trinajstić information content (AvgIpc) is 3.38. The molecular formula is C22H26ClN7O. The van der Waals surface area contributed by atoms with Gasteiger partial charge in [0.15, 0.2) is 5.65 Å². The lowest BCUT2D eigenvalue weighted by Gasteiger charge is -2.34. The van der Waals surface area contributed by atoms with Crippen LogP contribution in [0.25, 0.3) is 5.65 Å². The van der Waals surface area contributed by atoms with Crippen LogP contribution in [0.15, 0.2) is 30.6 Å². The Morgan fingerprint density at radius 1 is 1.26 bits per heavy atom. The maximum atomic E-state index is 13.2. The normalized spacial score (nSPS) is 21.8. The van der Waals surface area contributed by atoms with Gasteiger partial charge in [0.05, 0.1) is 16.8 Å². The van der Waals surface area contributed by atoms with Gasteiger partial charge < -0.3 is 15.5 Å². The molecule has 0 aliphatic carbocycles. The Balaban J connectivity index is 1.48. The number of carbonyl (C=O) groups is 1. The number of anilines is 1. The molecule has 0 radical (unpaired) electrons. The third-order valence-electron chi connectivity index (χ3n) is 6.21. The van der Waals surface area contributed by atoms with Crippen LogP contribution >= 0.6 is 11.6 Å². The van der Waals surface area contributed by atoms with E-state index >= 15 is 0 Å². The predicted molar refractivity (Wildman–Crippen MR) is 119 cm³/mol. The zero-order chi connectivity index (χ0) is 21.5. The first-order valence-electron chi connectivity index (χ1n) is 10.8. The zero-order valence-corrected chi connectivity index (χ0v) is 18.3. The number of likely N-dealkylation sites (tertiary alicyclic amines) is 1. The number of nitrogens with zero attached hydrogens (tertiary/aromatic N) is 6. The number of pyridine rings is 1. The lowest BCUT2D eigenvalue weighted by atomic mass is 9.99. The van der Waals surface area contributed by atoms with Gasteiger partial charge in [-0.25, -0.2) is 14.5 Å². The van der Waals surface area contributed by atoms with Gasteiger partial charge >= 0.3 is 0 Å². The summed E-state index contributed by atoms with van der Waals surface area (Å²) in [5.74, 6) is 0.812. The van der Waals surface area contributed by atoms with Crippen molar-refractivity contribution < 1.29 is 4.79 Å². The van der Waals surface area contributed by atoms with Crippen LogP contribution in [0.3, 0.4) is 0 Å². The lowest BCUT2D eigenvalue weighted by Crippen LogP contribution is -2.39. The molecule has 2 N–H and O–H groups in total. The van der Waals surface area contributed by atoms with Crippen molar-refractivity contribution in [1.29, 1.82) is 0 Å². The highest BCUT2D eigenvalue weighted by molar-refractivity contribution is 6.33. The fourth-order valence-electron chi connectivity index (χ4n) is 4.64. The maximum absolute atomic E-state index is 13.2. The number of piperidine rings is 1. The highest BCUT2D eigenvalue weighted by atomic mass is 35.5. The van der Waals surface area contributed by atoms with Crippen LogP contribution in [0, 0.1) is 6.92 Å². The van der Waals surface area contributed by atoms with Crippen LogP contribution in [-0.4, -0.2) is 56.1 Å². The van der Waals surface area contributed by atoms with Crippen molar-refractivity contribution in [2.24, 2.45) is 5.73 Å². The summed E-state index contributed by atoms with van der Waals surface area (Å²) < 4.78 is 1.81. The number of rotatable bonds is 3. The summed E-state index contributed by atoms with van der Waals surface area (Å²) in [6, 6.07) is 5.50. The molecule has 1 amide bonds. The molecule has 8 nitrogen and oxygen atoms in total. The first kappa shape index (κ1) is 20.2. The summed E-state index contributed by atoms with van der Waals surface area (Å²) in [6.07, 6.45) is 7.44. The predicted octanol–water partition coefficient (Wildman–Crippen LogP) is 2.99. The minimum atomic E-state index is -0.150. The highest BCUT2D eigenvalue weighted by Gasteiger charge is 2.32. The van der Waals surface area contributed by atoms with E-state index in [4.69, 9.17) is 27.4 Å². The van der Waals surface area contributed by atoms with Gasteiger partial charge in [-0.05, 0) is 44.7 Å². The van der Waals surface area contributed by atoms with E-state index in [1.165, 1.54) is 0 Å². The minimum absolute atomic E-state index is 0.120. The average molecular weight is 440 g/mol. The highest BCUT2D eigenvalue weighted by Crippen LogP contribution is 2.33. The molecule has 0 bridgehead atoms. The molecule has 2 aliphatic heterocycles. The second-order valence-corrected chi connectivity index (χ2v) is 8.87. The van der Waals surface area contributed by atoms with E-state index in [9.17, 15) is 4.79 Å². The molecule has 9 heteroatoms. The van der Waals surface area contributed by atoms with E-state index in [2.05, 4.69) is 9.88 Å². The molecule has 5 heterocycles. The van der Waals surface area contributed by atoms with Gasteiger partial charge in [-0.1, -0.05) is 11.6 Å². The summed E-state index contributed by atoms with van der Waals surface area (Å²) in [5.41, 5.74) is 9.08. The van der Waals surface area contributed by atoms with Crippen LogP contribution in [0.5, 0.6) is 0 Å². The first-order chi connectivity index (χ1) is 15.0. The molecule has 3 aromatic rings. The van der Waals surface area contributed by atoms with E-state index in [0.29, 0.717) is 17.3 Å². The smallest absolute Gasteiger partial charge is 0.274 e. The molecule has 0 aromatic carbocycles. The maximum Gasteiger partial charge on any atom is 0.274 e. The summed E-state index contributed by atoms with van der Waals surface area (Å²) in [4.78, 5) is 26.4. The molecular weight excluding hydrogens is 414 g/mol. The summed E-state index contributed by atoms with van der Waals surface area (Å²) >= 11 is 6.25. The van der Waals surface area contributed by atoms with Gasteiger partial charge in [0.2, 0.25) is 0 Å². The van der Waals surface area contributed by atoms with E-state index in [1.807, 2.05) is 28.6 Å². The monoisotopic (exact) mass is 439 g/mol. The molecule has 162 valence electrons. The Morgan fingerprint density at radius 3 is 2.90 bits per heavy atom. The quantitative estimate of drug-likeness (QED) is 0.674. The third-order valence-corrected chi connectivity index (χ3v) is 6.52. The van der Waals surface area contributed by atoms with Crippen molar-refractivity contribution in [2.45, 2.75) is 44.7 Å². The Labute approximate surface area is 186 Å². The Kier molecular flexibility index (Phi) is 5.27. The molecule has 2 aliphatic rings. The molecule has 2 saturated heterocycles. The molecule has 0 unspecified atom stereocenters. The second-order valence-electron chi connectivity index (χ2n) is 8.46. The Bertz CT molecular complexity index is 1130. The number of amides is 1. The SMILES string of the molecule is Cc1cn2nc([C@@H]3CCCCN3C(=O)c3ncccc3Cl)cc2nc1N1CC[C@H](N)C1. The number of hydrogen-bond donors (Lipinski definition) is 1. The Hall–Kier alpha value is -2.71. The van der Waals surface area contributed by atoms with Gasteiger partial charge in [0.25, 0.3) is 5.91 Å². The number of hydrogen-bond acceptors (Lipinski definition) is 6. The number of aryl methyl sites for hydroxylation is 1. The molecule has 31 heavy (non-hydrogen) atoms. The van der Waals surface area contributed by atoms with Crippen molar-refractivity contribution >= 4 is 29.0 Å². The summed E-state index contributed by atoms with van der Waals surface area (Å²) in [6.45, 7) is 4.45. The van der Waals surface area contributed by atoms with Crippen LogP contribution < -0.4 is 10.6 Å². The van der Waals surface area contributed by atoms with Gasteiger partial charge in [0, 0.05) is 49.7 Å². The largest absolute Gasteiger partial charge is 0.355 e. The van der Waals surface area contributed by atoms with Crippen molar-refractivity contribution in [3.8, 4) is 0 Å². The van der Waals surface area contributed by atoms with E-state index in [-0.39, 0.29) is 18.0 Å². The van der Waals surface area contributed by atoms with Crippen molar-refractivity contribution in [2.75, 3.05) is 24.5 Å². The van der Waals surface area contributed by atoms with E-state index < -0.39 is 0 Å². The number of halogens is 1. The third kappa shape index (κ3) is 3.74. The Morgan fingerprint density at radius 2 is 2.13 bits per heavy atom. The molecule has 5 rings (SSSR count). The van der Waals surface area contributed by atoms with E-state index in [1.54, 1.807) is 18.3 Å². The molecule has 3 aromatic heterocycles. The van der Waals surface area contributed by atoms with Crippen molar-refractivity contribution in [1.82, 2.24) is 24.5 Å². The topological polar surface area (TPSA) is 92.6 Å². The number of fused-ring (bicyclic) bond motifs is 1. The second kappa shape index (κ2) is 8.09. The van der Waals surface area contributed by atoms with Crippen LogP contribution in [0.2, 0.25) is 5.02 Å². The van der Waals surface area contributed by atoms with E-state index in [0.717, 1.165) is 61.5 Å². The molecule has 0 spiro atoms. The van der Waals surface area contributed by atoms with Crippen LogP contribution in [0.4, 0.5) is 5.82 Å².